The van der Waals surface area contributed by atoms with Crippen molar-refractivity contribution in [2.24, 2.45) is 5.10 Å². The highest BCUT2D eigenvalue weighted by molar-refractivity contribution is 6.32. The number of halogens is 2. The first-order chi connectivity index (χ1) is 13.0. The molecule has 1 amide bonds. The van der Waals surface area contributed by atoms with E-state index in [4.69, 9.17) is 16.3 Å². The summed E-state index contributed by atoms with van der Waals surface area (Å²) in [6, 6.07) is 12.4. The van der Waals surface area contributed by atoms with Crippen LogP contribution >= 0.6 is 11.6 Å². The Bertz CT molecular complexity index is 982. The number of amides is 1. The summed E-state index contributed by atoms with van der Waals surface area (Å²) in [7, 11) is 1.55. The van der Waals surface area contributed by atoms with Gasteiger partial charge in [-0.05, 0) is 55.5 Å². The Morgan fingerprint density at radius 2 is 1.89 bits per heavy atom. The van der Waals surface area contributed by atoms with Crippen molar-refractivity contribution in [2.45, 2.75) is 6.92 Å². The van der Waals surface area contributed by atoms with E-state index >= 15 is 0 Å². The van der Waals surface area contributed by atoms with E-state index in [0.29, 0.717) is 33.4 Å². The molecule has 0 radical (unpaired) electrons. The van der Waals surface area contributed by atoms with Gasteiger partial charge in [-0.1, -0.05) is 11.6 Å². The molecule has 0 saturated carbocycles. The molecule has 1 N–H and O–H groups in total. The van der Waals surface area contributed by atoms with E-state index in [2.05, 4.69) is 15.6 Å². The van der Waals surface area contributed by atoms with Crippen molar-refractivity contribution in [3.05, 3.63) is 76.3 Å². The molecule has 27 heavy (non-hydrogen) atoms. The zero-order chi connectivity index (χ0) is 19.4. The maximum Gasteiger partial charge on any atom is 0.271 e. The fraction of sp³-hybridized carbons (Fsp3) is 0.105. The fourth-order valence-corrected chi connectivity index (χ4v) is 2.69. The largest absolute Gasteiger partial charge is 0.497 e. The smallest absolute Gasteiger partial charge is 0.271 e. The molecule has 0 fully saturated rings. The summed E-state index contributed by atoms with van der Waals surface area (Å²) in [4.78, 5) is 12.1. The minimum Gasteiger partial charge on any atom is -0.497 e. The quantitative estimate of drug-likeness (QED) is 0.536. The van der Waals surface area contributed by atoms with E-state index in [1.165, 1.54) is 23.0 Å². The van der Waals surface area contributed by atoms with E-state index in [0.717, 1.165) is 0 Å². The zero-order valence-corrected chi connectivity index (χ0v) is 15.4. The molecule has 1 aromatic heterocycles. The highest BCUT2D eigenvalue weighted by atomic mass is 35.5. The lowest BCUT2D eigenvalue weighted by molar-refractivity contribution is 0.0955. The van der Waals surface area contributed by atoms with E-state index in [9.17, 15) is 9.18 Å². The van der Waals surface area contributed by atoms with Gasteiger partial charge in [-0.15, -0.1) is 0 Å². The Labute approximate surface area is 160 Å². The maximum absolute atomic E-state index is 13.1. The van der Waals surface area contributed by atoms with Crippen LogP contribution in [0, 0.1) is 12.7 Å². The van der Waals surface area contributed by atoms with Crippen molar-refractivity contribution in [3.8, 4) is 11.4 Å². The van der Waals surface area contributed by atoms with Gasteiger partial charge in [0.15, 0.2) is 0 Å². The predicted octanol–water partition coefficient (Wildman–Crippen LogP) is 3.75. The van der Waals surface area contributed by atoms with Crippen LogP contribution in [0.1, 0.15) is 21.6 Å². The second kappa shape index (κ2) is 8.01. The SMILES string of the molecule is COc1ccc(C(=O)N/N=C\c2c(C)nn(-c3ccc(F)cc3)c2Cl)cc1. The van der Waals surface area contributed by atoms with Crippen molar-refractivity contribution in [3.63, 3.8) is 0 Å². The minimum absolute atomic E-state index is 0.307. The van der Waals surface area contributed by atoms with Crippen LogP contribution in [0.15, 0.2) is 53.6 Å². The zero-order valence-electron chi connectivity index (χ0n) is 14.6. The van der Waals surface area contributed by atoms with Gasteiger partial charge in [0.2, 0.25) is 0 Å². The van der Waals surface area contributed by atoms with Crippen molar-refractivity contribution >= 4 is 23.7 Å². The van der Waals surface area contributed by atoms with Crippen LogP contribution in [0.25, 0.3) is 5.69 Å². The van der Waals surface area contributed by atoms with Crippen LogP contribution in [-0.2, 0) is 0 Å². The summed E-state index contributed by atoms with van der Waals surface area (Å²) in [5.41, 5.74) is 4.67. The highest BCUT2D eigenvalue weighted by Crippen LogP contribution is 2.22. The van der Waals surface area contributed by atoms with Gasteiger partial charge in [-0.3, -0.25) is 4.79 Å². The lowest BCUT2D eigenvalue weighted by Gasteiger charge is -2.03. The first-order valence-corrected chi connectivity index (χ1v) is 8.36. The van der Waals surface area contributed by atoms with Crippen LogP contribution in [0.2, 0.25) is 5.15 Å². The van der Waals surface area contributed by atoms with Crippen LogP contribution in [-0.4, -0.2) is 29.0 Å². The third-order valence-electron chi connectivity index (χ3n) is 3.83. The molecule has 0 saturated heterocycles. The number of carbonyl (C=O) groups excluding carboxylic acids is 1. The summed E-state index contributed by atoms with van der Waals surface area (Å²) >= 11 is 6.36. The molecule has 3 rings (SSSR count). The molecular weight excluding hydrogens is 371 g/mol. The molecule has 0 aliphatic rings. The molecule has 2 aromatic carbocycles. The van der Waals surface area contributed by atoms with Crippen molar-refractivity contribution < 1.29 is 13.9 Å². The van der Waals surface area contributed by atoms with Crippen molar-refractivity contribution in [2.75, 3.05) is 7.11 Å². The number of aromatic nitrogens is 2. The molecule has 1 heterocycles. The molecule has 3 aromatic rings. The highest BCUT2D eigenvalue weighted by Gasteiger charge is 2.13. The summed E-state index contributed by atoms with van der Waals surface area (Å²) in [5.74, 6) is -0.0546. The number of methoxy groups -OCH3 is 1. The van der Waals surface area contributed by atoms with Crippen LogP contribution < -0.4 is 10.2 Å². The number of benzene rings is 2. The molecule has 0 atom stereocenters. The summed E-state index contributed by atoms with van der Waals surface area (Å²) in [5, 5.41) is 8.59. The van der Waals surface area contributed by atoms with E-state index in [-0.39, 0.29) is 11.7 Å². The minimum atomic E-state index is -0.367. The van der Waals surface area contributed by atoms with Crippen molar-refractivity contribution in [1.29, 1.82) is 0 Å². The average molecular weight is 387 g/mol. The molecule has 0 spiro atoms. The molecule has 0 aliphatic carbocycles. The predicted molar refractivity (Wildman–Crippen MR) is 101 cm³/mol. The molecule has 0 bridgehead atoms. The molecule has 6 nitrogen and oxygen atoms in total. The number of nitrogens with one attached hydrogen (secondary N) is 1. The number of carbonyl (C=O) groups is 1. The fourth-order valence-electron chi connectivity index (χ4n) is 2.37. The molecule has 8 heteroatoms. The number of hydrogen-bond acceptors (Lipinski definition) is 4. The van der Waals surface area contributed by atoms with E-state index in [1.807, 2.05) is 0 Å². The normalized spacial score (nSPS) is 11.0. The van der Waals surface area contributed by atoms with Crippen LogP contribution in [0.5, 0.6) is 5.75 Å². The standard InChI is InChI=1S/C19H16ClFN4O2/c1-12-17(18(20)25(24-12)15-7-5-14(21)6-8-15)11-22-23-19(26)13-3-9-16(27-2)10-4-13/h3-11H,1-2H3,(H,23,26)/b22-11-. The molecule has 0 aliphatic heterocycles. The van der Waals surface area contributed by atoms with Crippen LogP contribution in [0.4, 0.5) is 4.39 Å². The van der Waals surface area contributed by atoms with Gasteiger partial charge in [0.05, 0.1) is 30.3 Å². The van der Waals surface area contributed by atoms with Gasteiger partial charge in [0.1, 0.15) is 16.7 Å². The molecule has 138 valence electrons. The topological polar surface area (TPSA) is 68.5 Å². The van der Waals surface area contributed by atoms with Crippen molar-refractivity contribution in [1.82, 2.24) is 15.2 Å². The Hall–Kier alpha value is -3.19. The second-order valence-electron chi connectivity index (χ2n) is 5.61. The van der Waals surface area contributed by atoms with Gasteiger partial charge in [-0.25, -0.2) is 14.5 Å². The number of ether oxygens (including phenoxy) is 1. The number of hydrogen-bond donors (Lipinski definition) is 1. The van der Waals surface area contributed by atoms with E-state index in [1.54, 1.807) is 50.4 Å². The van der Waals surface area contributed by atoms with E-state index < -0.39 is 0 Å². The number of nitrogens with zero attached hydrogens (tertiary/aromatic N) is 3. The van der Waals surface area contributed by atoms with Gasteiger partial charge in [0.25, 0.3) is 5.91 Å². The Balaban J connectivity index is 1.75. The van der Waals surface area contributed by atoms with Gasteiger partial charge in [-0.2, -0.15) is 10.2 Å². The Morgan fingerprint density at radius 1 is 1.22 bits per heavy atom. The first kappa shape index (κ1) is 18.6. The third-order valence-corrected chi connectivity index (χ3v) is 4.19. The molecular formula is C19H16ClFN4O2. The Morgan fingerprint density at radius 3 is 2.52 bits per heavy atom. The first-order valence-electron chi connectivity index (χ1n) is 7.98. The molecule has 0 unspecified atom stereocenters. The Kier molecular flexibility index (Phi) is 5.52. The number of hydrazone groups is 1. The lowest BCUT2D eigenvalue weighted by Crippen LogP contribution is -2.17. The van der Waals surface area contributed by atoms with Gasteiger partial charge < -0.3 is 4.74 Å². The summed E-state index contributed by atoms with van der Waals surface area (Å²) in [6.07, 6.45) is 1.42. The maximum atomic E-state index is 13.1. The van der Waals surface area contributed by atoms with Crippen LogP contribution in [0.3, 0.4) is 0 Å². The lowest BCUT2D eigenvalue weighted by atomic mass is 10.2. The third kappa shape index (κ3) is 4.15. The number of rotatable bonds is 5. The average Bonchev–Trinajstić information content (AvgIpc) is 2.96. The summed E-state index contributed by atoms with van der Waals surface area (Å²) < 4.78 is 19.6. The number of aryl methyl sites for hydroxylation is 1. The monoisotopic (exact) mass is 386 g/mol. The van der Waals surface area contributed by atoms with Gasteiger partial charge in [0, 0.05) is 5.56 Å². The van der Waals surface area contributed by atoms with Gasteiger partial charge >= 0.3 is 0 Å². The summed E-state index contributed by atoms with van der Waals surface area (Å²) in [6.45, 7) is 1.76. The second-order valence-corrected chi connectivity index (χ2v) is 5.96.